The van der Waals surface area contributed by atoms with E-state index in [9.17, 15) is 24.9 Å². The second-order valence-electron chi connectivity index (χ2n) is 9.51. The molecule has 0 aliphatic heterocycles. The molecule has 1 aliphatic rings. The zero-order valence-electron chi connectivity index (χ0n) is 20.4. The van der Waals surface area contributed by atoms with Crippen molar-refractivity contribution in [2.24, 2.45) is 0 Å². The minimum Gasteiger partial charge on any atom is -0.508 e. The Balaban J connectivity index is 2.25. The molecule has 0 fully saturated rings. The summed E-state index contributed by atoms with van der Waals surface area (Å²) in [6.45, 7) is 9.86. The molecule has 3 N–H and O–H groups in total. The number of hydrogen-bond acceptors (Lipinski definition) is 6. The average Bonchev–Trinajstić information content (AvgIpc) is 2.72. The van der Waals surface area contributed by atoms with E-state index >= 15 is 0 Å². The van der Waals surface area contributed by atoms with E-state index < -0.39 is 28.1 Å². The summed E-state index contributed by atoms with van der Waals surface area (Å²) < 4.78 is 5.85. The van der Waals surface area contributed by atoms with Crippen LogP contribution in [0.1, 0.15) is 71.6 Å². The summed E-state index contributed by atoms with van der Waals surface area (Å²) in [6, 6.07) is 2.29. The predicted octanol–water partition coefficient (Wildman–Crippen LogP) is 6.36. The van der Waals surface area contributed by atoms with Crippen LogP contribution in [0.4, 0.5) is 0 Å². The molecule has 0 saturated heterocycles. The van der Waals surface area contributed by atoms with Crippen molar-refractivity contribution in [1.29, 1.82) is 0 Å². The van der Waals surface area contributed by atoms with Crippen molar-refractivity contribution in [1.82, 2.24) is 0 Å². The van der Waals surface area contributed by atoms with Crippen LogP contribution in [0, 0.1) is 0 Å². The van der Waals surface area contributed by atoms with Crippen molar-refractivity contribution in [3.05, 3.63) is 74.4 Å². The summed E-state index contributed by atoms with van der Waals surface area (Å²) in [6.07, 6.45) is 9.15. The van der Waals surface area contributed by atoms with Crippen molar-refractivity contribution in [2.75, 3.05) is 0 Å². The van der Waals surface area contributed by atoms with Gasteiger partial charge in [0.1, 0.15) is 28.2 Å². The first-order valence-corrected chi connectivity index (χ1v) is 11.4. The molecule has 3 rings (SSSR count). The molecule has 1 aliphatic carbocycles. The molecule has 1 atom stereocenters. The fraction of sp³-hybridized carbons (Fsp3) is 0.357. The van der Waals surface area contributed by atoms with E-state index in [4.69, 9.17) is 4.42 Å². The number of aromatic hydroxyl groups is 2. The number of allylic oxidation sites excluding steroid dienone is 7. The van der Waals surface area contributed by atoms with Crippen LogP contribution >= 0.6 is 0 Å². The Hall–Kier alpha value is -3.54. The van der Waals surface area contributed by atoms with Gasteiger partial charge in [-0.25, -0.2) is 0 Å². The summed E-state index contributed by atoms with van der Waals surface area (Å²) in [5, 5.41) is 30.7. The number of phenolic OH excluding ortho intramolecular Hbond substituents is 2. The Morgan fingerprint density at radius 3 is 2.24 bits per heavy atom. The molecule has 2 aromatic rings. The number of hydrogen-bond donors (Lipinski definition) is 3. The van der Waals surface area contributed by atoms with E-state index in [1.54, 1.807) is 0 Å². The monoisotopic (exact) mass is 464 g/mol. The Bertz CT molecular complexity index is 1310. The quantitative estimate of drug-likeness (QED) is 0.411. The second kappa shape index (κ2) is 9.75. The van der Waals surface area contributed by atoms with Gasteiger partial charge in [-0.05, 0) is 60.3 Å². The van der Waals surface area contributed by atoms with E-state index in [0.29, 0.717) is 0 Å². The summed E-state index contributed by atoms with van der Waals surface area (Å²) in [5.41, 5.74) is 1.40. The summed E-state index contributed by atoms with van der Waals surface area (Å²) >= 11 is 0. The Morgan fingerprint density at radius 1 is 0.941 bits per heavy atom. The molecule has 0 bridgehead atoms. The minimum atomic E-state index is -1.39. The maximum absolute atomic E-state index is 13.7. The number of Topliss-reactive ketones (excluding diaryl/α,β-unsaturated/α-hetero) is 1. The van der Waals surface area contributed by atoms with Gasteiger partial charge in [-0.2, -0.15) is 0 Å². The van der Waals surface area contributed by atoms with Gasteiger partial charge in [-0.3, -0.25) is 9.59 Å². The number of phenols is 2. The van der Waals surface area contributed by atoms with Gasteiger partial charge in [0, 0.05) is 18.2 Å². The predicted molar refractivity (Wildman–Crippen MR) is 134 cm³/mol. The van der Waals surface area contributed by atoms with Gasteiger partial charge in [0.05, 0.1) is 11.0 Å². The molecule has 1 aromatic carbocycles. The van der Waals surface area contributed by atoms with Crippen LogP contribution in [0.3, 0.4) is 0 Å². The third-order valence-corrected chi connectivity index (χ3v) is 6.15. The first-order valence-electron chi connectivity index (χ1n) is 11.4. The van der Waals surface area contributed by atoms with Crippen LogP contribution < -0.4 is 5.43 Å². The zero-order chi connectivity index (χ0) is 25.2. The van der Waals surface area contributed by atoms with Crippen LogP contribution in [0.15, 0.2) is 62.1 Å². The first kappa shape index (κ1) is 25.1. The maximum atomic E-state index is 13.7. The highest BCUT2D eigenvalue weighted by Crippen LogP contribution is 2.43. The van der Waals surface area contributed by atoms with Crippen molar-refractivity contribution in [3.8, 4) is 11.5 Å². The molecule has 0 saturated carbocycles. The van der Waals surface area contributed by atoms with Crippen molar-refractivity contribution in [3.63, 3.8) is 0 Å². The second-order valence-corrected chi connectivity index (χ2v) is 9.51. The van der Waals surface area contributed by atoms with E-state index in [1.807, 2.05) is 46.8 Å². The Labute approximate surface area is 199 Å². The lowest BCUT2D eigenvalue weighted by molar-refractivity contribution is -0.123. The highest BCUT2D eigenvalue weighted by molar-refractivity contribution is 6.08. The van der Waals surface area contributed by atoms with E-state index in [-0.39, 0.29) is 40.9 Å². The standard InChI is InChI=1S/C28H32O6/c1-16(2)7-6-8-18(5)10-12-28(11-9-17(3)4)25-23(15-21(31)27(28)33)34-22-14-19(29)13-20(30)24(22)26(25)32/h7,9-10,13-15,29-31H,6,8,11-12H2,1-5H3. The maximum Gasteiger partial charge on any atom is 0.208 e. The molecule has 34 heavy (non-hydrogen) atoms. The van der Waals surface area contributed by atoms with Gasteiger partial charge in [-0.1, -0.05) is 34.9 Å². The lowest BCUT2D eigenvalue weighted by Crippen LogP contribution is -2.43. The molecule has 0 spiro atoms. The van der Waals surface area contributed by atoms with Crippen LogP contribution in [-0.4, -0.2) is 21.1 Å². The van der Waals surface area contributed by atoms with Gasteiger partial charge in [0.15, 0.2) is 5.76 Å². The molecule has 1 aromatic heterocycles. The molecule has 0 radical (unpaired) electrons. The fourth-order valence-electron chi connectivity index (χ4n) is 4.30. The van der Waals surface area contributed by atoms with Gasteiger partial charge in [0.25, 0.3) is 0 Å². The van der Waals surface area contributed by atoms with Gasteiger partial charge < -0.3 is 19.7 Å². The lowest BCUT2D eigenvalue weighted by atomic mass is 9.67. The van der Waals surface area contributed by atoms with Crippen LogP contribution in [0.2, 0.25) is 0 Å². The topological polar surface area (TPSA) is 108 Å². The number of fused-ring (bicyclic) bond motifs is 2. The Morgan fingerprint density at radius 2 is 1.59 bits per heavy atom. The summed E-state index contributed by atoms with van der Waals surface area (Å²) in [4.78, 5) is 27.2. The number of carbonyl (C=O) groups excluding carboxylic acids is 1. The number of benzene rings is 1. The number of aliphatic hydroxyl groups is 1. The average molecular weight is 465 g/mol. The summed E-state index contributed by atoms with van der Waals surface area (Å²) in [7, 11) is 0. The zero-order valence-corrected chi connectivity index (χ0v) is 20.4. The van der Waals surface area contributed by atoms with Gasteiger partial charge in [-0.15, -0.1) is 0 Å². The molecule has 6 heteroatoms. The van der Waals surface area contributed by atoms with Crippen LogP contribution in [0.5, 0.6) is 11.5 Å². The van der Waals surface area contributed by atoms with E-state index in [1.165, 1.54) is 11.6 Å². The van der Waals surface area contributed by atoms with E-state index in [0.717, 1.165) is 36.1 Å². The van der Waals surface area contributed by atoms with Gasteiger partial charge in [0.2, 0.25) is 11.2 Å². The highest BCUT2D eigenvalue weighted by atomic mass is 16.3. The van der Waals surface area contributed by atoms with Crippen LogP contribution in [-0.2, 0) is 10.2 Å². The van der Waals surface area contributed by atoms with Crippen LogP contribution in [0.25, 0.3) is 17.0 Å². The first-order chi connectivity index (χ1) is 16.0. The third kappa shape index (κ3) is 4.86. The number of rotatable bonds is 7. The number of aliphatic hydroxyl groups excluding tert-OH is 1. The molecular formula is C28H32O6. The largest absolute Gasteiger partial charge is 0.508 e. The molecule has 6 nitrogen and oxygen atoms in total. The van der Waals surface area contributed by atoms with Gasteiger partial charge >= 0.3 is 0 Å². The Kier molecular flexibility index (Phi) is 7.20. The fourth-order valence-corrected chi connectivity index (χ4v) is 4.30. The molecule has 0 amide bonds. The molecular weight excluding hydrogens is 432 g/mol. The lowest BCUT2D eigenvalue weighted by Gasteiger charge is -2.34. The number of ketones is 1. The molecule has 1 unspecified atom stereocenters. The van der Waals surface area contributed by atoms with Crippen molar-refractivity contribution >= 4 is 22.8 Å². The smallest absolute Gasteiger partial charge is 0.208 e. The van der Waals surface area contributed by atoms with Crippen molar-refractivity contribution < 1.29 is 24.5 Å². The highest BCUT2D eigenvalue weighted by Gasteiger charge is 2.47. The van der Waals surface area contributed by atoms with Crippen molar-refractivity contribution in [2.45, 2.75) is 65.7 Å². The normalized spacial score (nSPS) is 17.9. The molecule has 1 heterocycles. The molecule has 180 valence electrons. The number of carbonyl (C=O) groups is 1. The van der Waals surface area contributed by atoms with E-state index in [2.05, 4.69) is 6.08 Å². The summed E-state index contributed by atoms with van der Waals surface area (Å²) in [5.74, 6) is -1.69. The minimum absolute atomic E-state index is 0.0239. The SMILES string of the molecule is CC(C)=CCCC(C)=CCC1(CC=C(C)C)C(=O)C(O)=Cc2oc3cc(O)cc(O)c3c(=O)c21. The third-order valence-electron chi connectivity index (χ3n) is 6.15.